The summed E-state index contributed by atoms with van der Waals surface area (Å²) in [6, 6.07) is -1.54. The fourth-order valence-electron chi connectivity index (χ4n) is 5.16. The average molecular weight is 634 g/mol. The Balaban J connectivity index is 1.94. The van der Waals surface area contributed by atoms with Crippen molar-refractivity contribution in [2.45, 2.75) is 111 Å². The maximum atomic E-state index is 12.5. The number of aliphatic carboxylic acids is 1. The Labute approximate surface area is 243 Å². The van der Waals surface area contributed by atoms with Crippen molar-refractivity contribution < 1.29 is 94.6 Å². The fourth-order valence-corrected chi connectivity index (χ4v) is 5.16. The van der Waals surface area contributed by atoms with Gasteiger partial charge in [-0.1, -0.05) is 0 Å². The lowest BCUT2D eigenvalue weighted by Gasteiger charge is -2.50. The average Bonchev–Trinajstić information content (AvgIpc) is 2.96. The molecule has 0 radical (unpaired) electrons. The molecule has 0 saturated carbocycles. The molecule has 3 saturated heterocycles. The Morgan fingerprint density at radius 2 is 1.53 bits per heavy atom. The topological polar surface area (TPSA) is 335 Å². The molecule has 3 aliphatic heterocycles. The van der Waals surface area contributed by atoms with Gasteiger partial charge in [0.25, 0.3) is 5.79 Å². The highest BCUT2D eigenvalue weighted by molar-refractivity contribution is 5.76. The highest BCUT2D eigenvalue weighted by Gasteiger charge is 2.60. The van der Waals surface area contributed by atoms with Crippen LogP contribution in [0, 0.1) is 0 Å². The Morgan fingerprint density at radius 1 is 0.907 bits per heavy atom. The molecular formula is C23H39NO19. The molecule has 1 amide bonds. The van der Waals surface area contributed by atoms with Crippen LogP contribution in [0.15, 0.2) is 0 Å². The predicted octanol–water partition coefficient (Wildman–Crippen LogP) is -8.22. The smallest absolute Gasteiger partial charge is 0.364 e. The van der Waals surface area contributed by atoms with Crippen LogP contribution in [0.25, 0.3) is 0 Å². The molecule has 0 aromatic heterocycles. The van der Waals surface area contributed by atoms with Crippen LogP contribution in [-0.2, 0) is 33.3 Å². The summed E-state index contributed by atoms with van der Waals surface area (Å²) in [5.41, 5.74) is 0. The molecule has 0 aliphatic carbocycles. The second-order valence-corrected chi connectivity index (χ2v) is 10.5. The van der Waals surface area contributed by atoms with E-state index in [9.17, 15) is 70.9 Å². The largest absolute Gasteiger partial charge is 0.477 e. The lowest BCUT2D eigenvalue weighted by Crippen LogP contribution is -2.70. The minimum atomic E-state index is -3.02. The van der Waals surface area contributed by atoms with Gasteiger partial charge >= 0.3 is 5.97 Å². The van der Waals surface area contributed by atoms with Gasteiger partial charge < -0.3 is 90.3 Å². The van der Waals surface area contributed by atoms with Crippen molar-refractivity contribution in [1.29, 1.82) is 0 Å². The molecule has 250 valence electrons. The van der Waals surface area contributed by atoms with E-state index >= 15 is 0 Å². The molecule has 43 heavy (non-hydrogen) atoms. The van der Waals surface area contributed by atoms with Crippen LogP contribution >= 0.6 is 0 Å². The molecular weight excluding hydrogens is 594 g/mol. The number of aliphatic hydroxyl groups is 11. The second-order valence-electron chi connectivity index (χ2n) is 10.5. The maximum Gasteiger partial charge on any atom is 0.364 e. The van der Waals surface area contributed by atoms with Crippen molar-refractivity contribution in [3.63, 3.8) is 0 Å². The van der Waals surface area contributed by atoms with Gasteiger partial charge in [-0.05, 0) is 0 Å². The number of carboxylic acids is 1. The molecule has 0 aromatic rings. The van der Waals surface area contributed by atoms with E-state index < -0.39 is 136 Å². The zero-order valence-corrected chi connectivity index (χ0v) is 22.7. The molecule has 0 spiro atoms. The summed E-state index contributed by atoms with van der Waals surface area (Å²) in [5.74, 6) is -5.74. The molecule has 13 N–H and O–H groups in total. The normalized spacial score (nSPS) is 45.3. The first kappa shape index (κ1) is 35.8. The van der Waals surface area contributed by atoms with Crippen LogP contribution in [0.1, 0.15) is 13.3 Å². The number of aliphatic hydroxyl groups excluding tert-OH is 11. The third-order valence-corrected chi connectivity index (χ3v) is 7.47. The first-order valence-electron chi connectivity index (χ1n) is 13.2. The van der Waals surface area contributed by atoms with Crippen LogP contribution < -0.4 is 5.32 Å². The van der Waals surface area contributed by atoms with Crippen molar-refractivity contribution in [1.82, 2.24) is 5.32 Å². The van der Waals surface area contributed by atoms with Crippen molar-refractivity contribution in [2.24, 2.45) is 0 Å². The molecule has 7 unspecified atom stereocenters. The molecule has 20 nitrogen and oxygen atoms in total. The molecule has 0 bridgehead atoms. The van der Waals surface area contributed by atoms with Gasteiger partial charge in [-0.3, -0.25) is 4.79 Å². The van der Waals surface area contributed by atoms with Gasteiger partial charge in [0.05, 0.1) is 32.0 Å². The van der Waals surface area contributed by atoms with E-state index in [0.29, 0.717) is 0 Å². The standard InChI is InChI=1S/C23H39NO19/c1-6(28)24-11-7(29)2-23(22(37)38,42-18(11)12(31)8(30)3-25)43-19-13(32)9(4-26)40-21(16(19)35)41-17-10(5-27)39-20(36)15(34)14(17)33/h7-21,25-27,29-36H,2-5H2,1H3,(H,24,28)(H,37,38)/t7-,8-,9?,10?,11-,12-,13+,14?,15?,16?,17+,18?,19?,20-,21+,23+/m1/s1. The summed E-state index contributed by atoms with van der Waals surface area (Å²) < 4.78 is 26.8. The van der Waals surface area contributed by atoms with E-state index in [4.69, 9.17) is 23.7 Å². The Bertz CT molecular complexity index is 942. The molecule has 3 heterocycles. The zero-order chi connectivity index (χ0) is 32.4. The van der Waals surface area contributed by atoms with Gasteiger partial charge in [0.1, 0.15) is 67.1 Å². The van der Waals surface area contributed by atoms with Gasteiger partial charge in [-0.25, -0.2) is 4.79 Å². The van der Waals surface area contributed by atoms with Crippen LogP contribution in [0.5, 0.6) is 0 Å². The lowest BCUT2D eigenvalue weighted by molar-refractivity contribution is -0.385. The monoisotopic (exact) mass is 633 g/mol. The summed E-state index contributed by atoms with van der Waals surface area (Å²) in [4.78, 5) is 24.3. The number of carboxylic acid groups (broad SMARTS) is 1. The number of hydrogen-bond donors (Lipinski definition) is 13. The number of carbonyl (C=O) groups is 2. The van der Waals surface area contributed by atoms with Crippen LogP contribution in [0.4, 0.5) is 0 Å². The number of carbonyl (C=O) groups excluding carboxylic acids is 1. The molecule has 3 fully saturated rings. The van der Waals surface area contributed by atoms with Crippen molar-refractivity contribution in [3.8, 4) is 0 Å². The van der Waals surface area contributed by atoms with Crippen molar-refractivity contribution in [2.75, 3.05) is 19.8 Å². The third-order valence-electron chi connectivity index (χ3n) is 7.47. The van der Waals surface area contributed by atoms with E-state index in [2.05, 4.69) is 5.32 Å². The lowest BCUT2D eigenvalue weighted by atomic mass is 9.88. The highest BCUT2D eigenvalue weighted by Crippen LogP contribution is 2.38. The maximum absolute atomic E-state index is 12.5. The Kier molecular flexibility index (Phi) is 12.1. The summed E-state index contributed by atoms with van der Waals surface area (Å²) in [5, 5.41) is 124. The molecule has 20 heteroatoms. The SMILES string of the molecule is CC(=O)N[C@H]1C([C@H](O)[C@H](O)CO)O[C@@](OC2C(O)[C@H](O[C@H]3C(CO)O[C@@H](O)C(O)C3O)OC(CO)[C@@H]2O)(C(=O)O)C[C@H]1O. The fraction of sp³-hybridized carbons (Fsp3) is 0.913. The van der Waals surface area contributed by atoms with Crippen LogP contribution in [0.2, 0.25) is 0 Å². The quantitative estimate of drug-likeness (QED) is 0.100. The first-order chi connectivity index (χ1) is 20.1. The molecule has 3 rings (SSSR count). The van der Waals surface area contributed by atoms with Gasteiger partial charge in [-0.15, -0.1) is 0 Å². The van der Waals surface area contributed by atoms with Gasteiger partial charge in [-0.2, -0.15) is 0 Å². The number of ether oxygens (including phenoxy) is 5. The van der Waals surface area contributed by atoms with Gasteiger partial charge in [0.15, 0.2) is 12.6 Å². The Morgan fingerprint density at radius 3 is 2.07 bits per heavy atom. The number of hydrogen-bond acceptors (Lipinski definition) is 18. The van der Waals surface area contributed by atoms with E-state index in [-0.39, 0.29) is 0 Å². The third kappa shape index (κ3) is 7.41. The summed E-state index contributed by atoms with van der Waals surface area (Å²) in [6.07, 6.45) is -27.8. The minimum Gasteiger partial charge on any atom is -0.477 e. The first-order valence-corrected chi connectivity index (χ1v) is 13.2. The van der Waals surface area contributed by atoms with E-state index in [1.807, 2.05) is 0 Å². The number of rotatable bonds is 11. The van der Waals surface area contributed by atoms with Crippen molar-refractivity contribution in [3.05, 3.63) is 0 Å². The minimum absolute atomic E-state index is 0.749. The predicted molar refractivity (Wildman–Crippen MR) is 130 cm³/mol. The van der Waals surface area contributed by atoms with Crippen molar-refractivity contribution >= 4 is 11.9 Å². The zero-order valence-electron chi connectivity index (χ0n) is 22.7. The summed E-state index contributed by atoms with van der Waals surface area (Å²) in [7, 11) is 0. The van der Waals surface area contributed by atoms with Crippen LogP contribution in [0.3, 0.4) is 0 Å². The van der Waals surface area contributed by atoms with Gasteiger partial charge in [0.2, 0.25) is 5.91 Å². The summed E-state index contributed by atoms with van der Waals surface area (Å²) in [6.45, 7) is -1.85. The highest BCUT2D eigenvalue weighted by atomic mass is 16.8. The van der Waals surface area contributed by atoms with E-state index in [0.717, 1.165) is 6.92 Å². The van der Waals surface area contributed by atoms with Crippen LogP contribution in [-0.4, -0.2) is 191 Å². The van der Waals surface area contributed by atoms with E-state index in [1.54, 1.807) is 0 Å². The molecule has 3 aliphatic rings. The summed E-state index contributed by atoms with van der Waals surface area (Å²) >= 11 is 0. The second kappa shape index (κ2) is 14.6. The number of nitrogens with one attached hydrogen (secondary N) is 1. The van der Waals surface area contributed by atoms with E-state index in [1.165, 1.54) is 0 Å². The number of amides is 1. The molecule has 0 aromatic carbocycles. The van der Waals surface area contributed by atoms with Gasteiger partial charge in [0, 0.05) is 13.3 Å². The molecule has 16 atom stereocenters. The Hall–Kier alpha value is -1.70.